The van der Waals surface area contributed by atoms with Crippen LogP contribution in [0.3, 0.4) is 0 Å². The molecule has 5 nitrogen and oxygen atoms in total. The Morgan fingerprint density at radius 2 is 2.33 bits per heavy atom. The minimum absolute atomic E-state index is 0.278. The Bertz CT molecular complexity index is 547. The number of amides is 1. The van der Waals surface area contributed by atoms with Crippen molar-refractivity contribution in [1.29, 1.82) is 0 Å². The van der Waals surface area contributed by atoms with Crippen LogP contribution in [0.25, 0.3) is 6.08 Å². The van der Waals surface area contributed by atoms with E-state index in [1.807, 2.05) is 6.07 Å². The van der Waals surface area contributed by atoms with Crippen LogP contribution in [0.1, 0.15) is 11.3 Å². The summed E-state index contributed by atoms with van der Waals surface area (Å²) in [6.07, 6.45) is 6.11. The molecule has 0 fully saturated rings. The average Bonchev–Trinajstić information content (AvgIpc) is 2.90. The Hall–Kier alpha value is -2.40. The van der Waals surface area contributed by atoms with E-state index < -0.39 is 0 Å². The smallest absolute Gasteiger partial charge is 0.249 e. The standard InChI is InChI=1S/C13H13N3O2/c14-9-10-3-1-7-15-13(10)16-12(17)6-5-11-4-2-8-18-11/h1-8H,9,14H2,(H,15,16,17)/b6-5+. The third-order valence-corrected chi connectivity index (χ3v) is 2.29. The maximum absolute atomic E-state index is 11.7. The summed E-state index contributed by atoms with van der Waals surface area (Å²) in [5.74, 6) is 0.819. The van der Waals surface area contributed by atoms with E-state index in [1.165, 1.54) is 6.08 Å². The molecule has 0 unspecified atom stereocenters. The van der Waals surface area contributed by atoms with E-state index in [0.29, 0.717) is 18.1 Å². The normalized spacial score (nSPS) is 10.7. The van der Waals surface area contributed by atoms with E-state index in [9.17, 15) is 4.79 Å². The van der Waals surface area contributed by atoms with Gasteiger partial charge in [0, 0.05) is 24.4 Å². The molecular weight excluding hydrogens is 230 g/mol. The maximum atomic E-state index is 11.7. The van der Waals surface area contributed by atoms with E-state index >= 15 is 0 Å². The van der Waals surface area contributed by atoms with E-state index in [-0.39, 0.29) is 5.91 Å². The molecule has 2 heterocycles. The predicted octanol–water partition coefficient (Wildman–Crippen LogP) is 1.79. The van der Waals surface area contributed by atoms with E-state index in [2.05, 4.69) is 10.3 Å². The first kappa shape index (κ1) is 12.1. The molecule has 5 heteroatoms. The van der Waals surface area contributed by atoms with Gasteiger partial charge in [0.25, 0.3) is 0 Å². The van der Waals surface area contributed by atoms with Crippen molar-refractivity contribution in [3.05, 3.63) is 54.1 Å². The topological polar surface area (TPSA) is 81.1 Å². The molecule has 0 aliphatic heterocycles. The fourth-order valence-electron chi connectivity index (χ4n) is 1.42. The van der Waals surface area contributed by atoms with Crippen LogP contribution < -0.4 is 11.1 Å². The van der Waals surface area contributed by atoms with Gasteiger partial charge < -0.3 is 15.5 Å². The lowest BCUT2D eigenvalue weighted by atomic mass is 10.2. The number of nitrogens with two attached hydrogens (primary N) is 1. The van der Waals surface area contributed by atoms with Crippen LogP contribution >= 0.6 is 0 Å². The highest BCUT2D eigenvalue weighted by atomic mass is 16.3. The zero-order valence-corrected chi connectivity index (χ0v) is 9.67. The van der Waals surface area contributed by atoms with Gasteiger partial charge >= 0.3 is 0 Å². The first-order chi connectivity index (χ1) is 8.79. The predicted molar refractivity (Wildman–Crippen MR) is 68.5 cm³/mol. The second kappa shape index (κ2) is 5.79. The van der Waals surface area contributed by atoms with Crippen molar-refractivity contribution in [2.24, 2.45) is 5.73 Å². The highest BCUT2D eigenvalue weighted by Gasteiger charge is 2.04. The van der Waals surface area contributed by atoms with E-state index in [1.54, 1.807) is 36.7 Å². The van der Waals surface area contributed by atoms with Crippen molar-refractivity contribution >= 4 is 17.8 Å². The number of hydrogen-bond acceptors (Lipinski definition) is 4. The molecule has 0 aliphatic rings. The summed E-state index contributed by atoms with van der Waals surface area (Å²) in [6, 6.07) is 7.11. The van der Waals surface area contributed by atoms with Crippen molar-refractivity contribution < 1.29 is 9.21 Å². The lowest BCUT2D eigenvalue weighted by Gasteiger charge is -2.05. The van der Waals surface area contributed by atoms with E-state index in [0.717, 1.165) is 5.56 Å². The third kappa shape index (κ3) is 3.05. The van der Waals surface area contributed by atoms with Crippen molar-refractivity contribution in [3.63, 3.8) is 0 Å². The van der Waals surface area contributed by atoms with Crippen molar-refractivity contribution in [2.75, 3.05) is 5.32 Å². The molecule has 0 aromatic carbocycles. The molecule has 3 N–H and O–H groups in total. The Balaban J connectivity index is 2.03. The summed E-state index contributed by atoms with van der Waals surface area (Å²) in [5.41, 5.74) is 6.34. The largest absolute Gasteiger partial charge is 0.465 e. The fourth-order valence-corrected chi connectivity index (χ4v) is 1.42. The highest BCUT2D eigenvalue weighted by molar-refractivity contribution is 6.01. The van der Waals surface area contributed by atoms with Crippen LogP contribution in [-0.4, -0.2) is 10.9 Å². The van der Waals surface area contributed by atoms with Gasteiger partial charge in [-0.05, 0) is 24.3 Å². The number of nitrogens with one attached hydrogen (secondary N) is 1. The van der Waals surface area contributed by atoms with Gasteiger partial charge in [-0.25, -0.2) is 4.98 Å². The third-order valence-electron chi connectivity index (χ3n) is 2.29. The molecule has 1 amide bonds. The van der Waals surface area contributed by atoms with E-state index in [4.69, 9.17) is 10.2 Å². The number of carbonyl (C=O) groups excluding carboxylic acids is 1. The first-order valence-corrected chi connectivity index (χ1v) is 5.46. The fraction of sp³-hybridized carbons (Fsp3) is 0.0769. The summed E-state index contributed by atoms with van der Waals surface area (Å²) in [4.78, 5) is 15.7. The van der Waals surface area contributed by atoms with Gasteiger partial charge in [0.1, 0.15) is 11.6 Å². The molecule has 0 saturated heterocycles. The van der Waals surface area contributed by atoms with Gasteiger partial charge in [-0.2, -0.15) is 0 Å². The number of anilines is 1. The number of nitrogens with zero attached hydrogens (tertiary/aromatic N) is 1. The Morgan fingerprint density at radius 3 is 3.06 bits per heavy atom. The van der Waals surface area contributed by atoms with Gasteiger partial charge in [0.05, 0.1) is 6.26 Å². The van der Waals surface area contributed by atoms with Crippen LogP contribution in [0, 0.1) is 0 Å². The molecular formula is C13H13N3O2. The highest BCUT2D eigenvalue weighted by Crippen LogP contribution is 2.10. The van der Waals surface area contributed by atoms with Gasteiger partial charge in [-0.3, -0.25) is 4.79 Å². The molecule has 2 aromatic heterocycles. The molecule has 0 radical (unpaired) electrons. The zero-order chi connectivity index (χ0) is 12.8. The SMILES string of the molecule is NCc1cccnc1NC(=O)/C=C/c1ccco1. The van der Waals surface area contributed by atoms with Gasteiger partial charge in [0.2, 0.25) is 5.91 Å². The van der Waals surface area contributed by atoms with Crippen molar-refractivity contribution in [2.45, 2.75) is 6.54 Å². The van der Waals surface area contributed by atoms with Gasteiger partial charge in [-0.1, -0.05) is 6.07 Å². The Morgan fingerprint density at radius 1 is 1.44 bits per heavy atom. The Labute approximate surface area is 104 Å². The monoisotopic (exact) mass is 243 g/mol. The van der Waals surface area contributed by atoms with Crippen LogP contribution in [0.2, 0.25) is 0 Å². The summed E-state index contributed by atoms with van der Waals surface area (Å²) >= 11 is 0. The summed E-state index contributed by atoms with van der Waals surface area (Å²) < 4.78 is 5.08. The number of pyridine rings is 1. The van der Waals surface area contributed by atoms with Crippen LogP contribution in [0.15, 0.2) is 47.2 Å². The zero-order valence-electron chi connectivity index (χ0n) is 9.67. The molecule has 92 valence electrons. The minimum Gasteiger partial charge on any atom is -0.465 e. The van der Waals surface area contributed by atoms with Crippen molar-refractivity contribution in [3.8, 4) is 0 Å². The molecule has 0 saturated carbocycles. The van der Waals surface area contributed by atoms with Crippen LogP contribution in [-0.2, 0) is 11.3 Å². The van der Waals surface area contributed by atoms with Gasteiger partial charge in [0.15, 0.2) is 0 Å². The van der Waals surface area contributed by atoms with Crippen LogP contribution in [0.4, 0.5) is 5.82 Å². The number of hydrogen-bond donors (Lipinski definition) is 2. The molecule has 0 bridgehead atoms. The average molecular weight is 243 g/mol. The molecule has 0 aliphatic carbocycles. The summed E-state index contributed by atoms with van der Waals surface area (Å²) in [5, 5.41) is 2.67. The lowest BCUT2D eigenvalue weighted by Crippen LogP contribution is -2.12. The second-order valence-corrected chi connectivity index (χ2v) is 3.55. The molecule has 0 spiro atoms. The molecule has 0 atom stereocenters. The molecule has 18 heavy (non-hydrogen) atoms. The number of aromatic nitrogens is 1. The van der Waals surface area contributed by atoms with Crippen LogP contribution in [0.5, 0.6) is 0 Å². The number of rotatable bonds is 4. The second-order valence-electron chi connectivity index (χ2n) is 3.55. The minimum atomic E-state index is -0.278. The van der Waals surface area contributed by atoms with Crippen molar-refractivity contribution in [1.82, 2.24) is 4.98 Å². The number of carbonyl (C=O) groups is 1. The quantitative estimate of drug-likeness (QED) is 0.802. The molecule has 2 aromatic rings. The number of furan rings is 1. The maximum Gasteiger partial charge on any atom is 0.249 e. The lowest BCUT2D eigenvalue weighted by molar-refractivity contribution is -0.111. The summed E-state index contributed by atoms with van der Waals surface area (Å²) in [6.45, 7) is 0.325. The Kier molecular flexibility index (Phi) is 3.88. The first-order valence-electron chi connectivity index (χ1n) is 5.46. The molecule has 2 rings (SSSR count). The summed E-state index contributed by atoms with van der Waals surface area (Å²) in [7, 11) is 0. The van der Waals surface area contributed by atoms with Gasteiger partial charge in [-0.15, -0.1) is 0 Å².